The summed E-state index contributed by atoms with van der Waals surface area (Å²) in [5, 5.41) is 11.2. The van der Waals surface area contributed by atoms with Crippen molar-refractivity contribution in [1.29, 1.82) is 0 Å². The first-order valence-electron chi connectivity index (χ1n) is 6.90. The monoisotopic (exact) mass is 414 g/mol. The molecule has 1 aromatic carbocycles. The lowest BCUT2D eigenvalue weighted by Gasteiger charge is -2.22. The lowest BCUT2D eigenvalue weighted by atomic mass is 10.1. The Bertz CT molecular complexity index is 605. The molecule has 1 aromatic heterocycles. The van der Waals surface area contributed by atoms with E-state index < -0.39 is 0 Å². The number of guanidine groups is 1. The lowest BCUT2D eigenvalue weighted by molar-refractivity contribution is 0.474. The van der Waals surface area contributed by atoms with Gasteiger partial charge in [0.05, 0.1) is 6.54 Å². The first-order valence-corrected chi connectivity index (χ1v) is 6.90. The molecular weight excluding hydrogens is 391 g/mol. The predicted octanol–water partition coefficient (Wildman–Crippen LogP) is 1.95. The molecule has 0 spiro atoms. The van der Waals surface area contributed by atoms with E-state index in [1.54, 1.807) is 13.4 Å². The summed E-state index contributed by atoms with van der Waals surface area (Å²) in [6.07, 6.45) is 1.69. The number of benzene rings is 1. The van der Waals surface area contributed by atoms with Gasteiger partial charge in [0.2, 0.25) is 0 Å². The van der Waals surface area contributed by atoms with E-state index in [1.165, 1.54) is 11.1 Å². The zero-order valence-corrected chi connectivity index (χ0v) is 15.8. The topological polar surface area (TPSA) is 58.3 Å². The van der Waals surface area contributed by atoms with Crippen LogP contribution in [0.1, 0.15) is 17.0 Å². The molecule has 0 saturated heterocycles. The minimum atomic E-state index is 0. The van der Waals surface area contributed by atoms with Gasteiger partial charge in [0.15, 0.2) is 11.8 Å². The van der Waals surface area contributed by atoms with Crippen LogP contribution in [0.4, 0.5) is 0 Å². The van der Waals surface area contributed by atoms with E-state index in [0.29, 0.717) is 6.54 Å². The number of nitrogens with zero attached hydrogens (tertiary/aromatic N) is 5. The number of hydrogen-bond donors (Lipinski definition) is 1. The van der Waals surface area contributed by atoms with Crippen LogP contribution in [-0.2, 0) is 20.1 Å². The quantitative estimate of drug-likeness (QED) is 0.472. The Morgan fingerprint density at radius 1 is 1.32 bits per heavy atom. The van der Waals surface area contributed by atoms with E-state index in [0.717, 1.165) is 18.3 Å². The average Bonchev–Trinajstić information content (AvgIpc) is 2.88. The van der Waals surface area contributed by atoms with Gasteiger partial charge in [-0.25, -0.2) is 0 Å². The first kappa shape index (κ1) is 18.4. The zero-order chi connectivity index (χ0) is 15.2. The van der Waals surface area contributed by atoms with Crippen molar-refractivity contribution in [3.63, 3.8) is 0 Å². The van der Waals surface area contributed by atoms with E-state index in [1.807, 2.05) is 18.7 Å². The fraction of sp³-hybridized carbons (Fsp3) is 0.400. The van der Waals surface area contributed by atoms with Crippen molar-refractivity contribution in [1.82, 2.24) is 25.0 Å². The Morgan fingerprint density at radius 2 is 2.00 bits per heavy atom. The summed E-state index contributed by atoms with van der Waals surface area (Å²) in [4.78, 5) is 6.39. The SMILES string of the molecule is CN=C(NCc1nncn1C)N(C)Cc1ccc(C)cc1.I. The van der Waals surface area contributed by atoms with Crippen molar-refractivity contribution in [3.05, 3.63) is 47.5 Å². The van der Waals surface area contributed by atoms with E-state index in [-0.39, 0.29) is 24.0 Å². The molecule has 1 heterocycles. The normalized spacial score (nSPS) is 11.0. The van der Waals surface area contributed by atoms with Crippen molar-refractivity contribution in [2.45, 2.75) is 20.0 Å². The van der Waals surface area contributed by atoms with E-state index in [4.69, 9.17) is 0 Å². The number of aliphatic imine (C=N–C) groups is 1. The largest absolute Gasteiger partial charge is 0.349 e. The second-order valence-electron chi connectivity index (χ2n) is 5.10. The Kier molecular flexibility index (Phi) is 7.30. The molecule has 2 aromatic rings. The van der Waals surface area contributed by atoms with Gasteiger partial charge < -0.3 is 14.8 Å². The van der Waals surface area contributed by atoms with Gasteiger partial charge in [-0.15, -0.1) is 34.2 Å². The summed E-state index contributed by atoms with van der Waals surface area (Å²) in [6.45, 7) is 3.50. The minimum Gasteiger partial charge on any atom is -0.349 e. The van der Waals surface area contributed by atoms with Gasteiger partial charge in [0.25, 0.3) is 0 Å². The Balaban J connectivity index is 0.00000242. The van der Waals surface area contributed by atoms with Crippen LogP contribution in [-0.4, -0.2) is 39.7 Å². The Labute approximate surface area is 148 Å². The standard InChI is InChI=1S/C15H22N6.HI/c1-12-5-7-13(8-6-12)10-20(3)15(16-2)17-9-14-19-18-11-21(14)4;/h5-8,11H,9-10H2,1-4H3,(H,16,17);1H. The van der Waals surface area contributed by atoms with Crippen LogP contribution in [0, 0.1) is 6.92 Å². The number of hydrogen-bond acceptors (Lipinski definition) is 3. The highest BCUT2D eigenvalue weighted by atomic mass is 127. The molecule has 6 nitrogen and oxygen atoms in total. The maximum absolute atomic E-state index is 4.30. The number of rotatable bonds is 4. The Hall–Kier alpha value is -1.64. The van der Waals surface area contributed by atoms with Crippen molar-refractivity contribution in [2.24, 2.45) is 12.0 Å². The van der Waals surface area contributed by atoms with E-state index >= 15 is 0 Å². The zero-order valence-electron chi connectivity index (χ0n) is 13.4. The van der Waals surface area contributed by atoms with Crippen molar-refractivity contribution < 1.29 is 0 Å². The number of nitrogens with one attached hydrogen (secondary N) is 1. The highest BCUT2D eigenvalue weighted by Gasteiger charge is 2.08. The summed E-state index contributed by atoms with van der Waals surface area (Å²) in [5.41, 5.74) is 2.52. The predicted molar refractivity (Wildman–Crippen MR) is 99.3 cm³/mol. The average molecular weight is 414 g/mol. The summed E-state index contributed by atoms with van der Waals surface area (Å²) in [6, 6.07) is 8.53. The van der Waals surface area contributed by atoms with E-state index in [2.05, 4.69) is 56.6 Å². The summed E-state index contributed by atoms with van der Waals surface area (Å²) < 4.78 is 1.89. The van der Waals surface area contributed by atoms with Gasteiger partial charge in [0.1, 0.15) is 6.33 Å². The van der Waals surface area contributed by atoms with Gasteiger partial charge in [-0.1, -0.05) is 29.8 Å². The minimum absolute atomic E-state index is 0. The third-order valence-electron chi connectivity index (χ3n) is 3.32. The van der Waals surface area contributed by atoms with Gasteiger partial charge >= 0.3 is 0 Å². The number of halogens is 1. The second kappa shape index (κ2) is 8.72. The van der Waals surface area contributed by atoms with Crippen molar-refractivity contribution in [2.75, 3.05) is 14.1 Å². The van der Waals surface area contributed by atoms with Crippen LogP contribution in [0.5, 0.6) is 0 Å². The van der Waals surface area contributed by atoms with Crippen LogP contribution in [0.2, 0.25) is 0 Å². The highest BCUT2D eigenvalue weighted by Crippen LogP contribution is 2.06. The lowest BCUT2D eigenvalue weighted by Crippen LogP contribution is -2.38. The third-order valence-corrected chi connectivity index (χ3v) is 3.32. The molecule has 0 radical (unpaired) electrons. The summed E-state index contributed by atoms with van der Waals surface area (Å²) >= 11 is 0. The van der Waals surface area contributed by atoms with Crippen LogP contribution < -0.4 is 5.32 Å². The molecule has 0 atom stereocenters. The molecule has 0 amide bonds. The number of aryl methyl sites for hydroxylation is 2. The molecule has 0 aliphatic heterocycles. The molecule has 120 valence electrons. The second-order valence-corrected chi connectivity index (χ2v) is 5.10. The smallest absolute Gasteiger partial charge is 0.194 e. The van der Waals surface area contributed by atoms with Gasteiger partial charge in [-0.2, -0.15) is 0 Å². The molecule has 0 bridgehead atoms. The van der Waals surface area contributed by atoms with Crippen LogP contribution in [0.15, 0.2) is 35.6 Å². The van der Waals surface area contributed by atoms with Gasteiger partial charge in [0, 0.05) is 27.7 Å². The maximum atomic E-state index is 4.30. The third kappa shape index (κ3) is 4.97. The van der Waals surface area contributed by atoms with Crippen molar-refractivity contribution >= 4 is 29.9 Å². The molecule has 0 saturated carbocycles. The summed E-state index contributed by atoms with van der Waals surface area (Å²) in [7, 11) is 5.73. The first-order chi connectivity index (χ1) is 10.1. The fourth-order valence-electron chi connectivity index (χ4n) is 2.05. The molecule has 1 N–H and O–H groups in total. The molecule has 0 fully saturated rings. The highest BCUT2D eigenvalue weighted by molar-refractivity contribution is 14.0. The number of aromatic nitrogens is 3. The van der Waals surface area contributed by atoms with Crippen LogP contribution in [0.3, 0.4) is 0 Å². The molecule has 0 unspecified atom stereocenters. The Morgan fingerprint density at radius 3 is 2.55 bits per heavy atom. The van der Waals surface area contributed by atoms with Crippen LogP contribution in [0.25, 0.3) is 0 Å². The summed E-state index contributed by atoms with van der Waals surface area (Å²) in [5.74, 6) is 1.71. The molecule has 22 heavy (non-hydrogen) atoms. The van der Waals surface area contributed by atoms with Crippen molar-refractivity contribution in [3.8, 4) is 0 Å². The molecule has 7 heteroatoms. The fourth-order valence-corrected chi connectivity index (χ4v) is 2.05. The molecule has 2 rings (SSSR count). The van der Waals surface area contributed by atoms with Crippen LogP contribution >= 0.6 is 24.0 Å². The molecule has 0 aliphatic carbocycles. The van der Waals surface area contributed by atoms with E-state index in [9.17, 15) is 0 Å². The molecule has 0 aliphatic rings. The molecular formula is C15H23IN6. The van der Waals surface area contributed by atoms with Gasteiger partial charge in [-0.05, 0) is 12.5 Å². The van der Waals surface area contributed by atoms with Gasteiger partial charge in [-0.3, -0.25) is 4.99 Å². The maximum Gasteiger partial charge on any atom is 0.194 e.